The van der Waals surface area contributed by atoms with Crippen molar-refractivity contribution in [3.05, 3.63) is 0 Å². The van der Waals surface area contributed by atoms with Gasteiger partial charge in [-0.15, -0.1) is 0 Å². The van der Waals surface area contributed by atoms with Crippen molar-refractivity contribution in [2.24, 2.45) is 0 Å². The van der Waals surface area contributed by atoms with Crippen LogP contribution in [0.5, 0.6) is 0 Å². The molecule has 1 unspecified atom stereocenters. The Morgan fingerprint density at radius 1 is 1.29 bits per heavy atom. The summed E-state index contributed by atoms with van der Waals surface area (Å²) in [6.45, 7) is 11.9. The molecule has 2 N–H and O–H groups in total. The first kappa shape index (κ1) is 19.1. The molecule has 126 valence electrons. The molecule has 4 nitrogen and oxygen atoms in total. The van der Waals surface area contributed by atoms with Gasteiger partial charge in [0.1, 0.15) is 0 Å². The third-order valence-electron chi connectivity index (χ3n) is 4.88. The van der Waals surface area contributed by atoms with Gasteiger partial charge in [0.2, 0.25) is 0 Å². The van der Waals surface area contributed by atoms with Crippen molar-refractivity contribution in [2.45, 2.75) is 89.3 Å². The molecule has 0 bridgehead atoms. The van der Waals surface area contributed by atoms with Crippen LogP contribution >= 0.6 is 0 Å². The SMILES string of the molecule is CC(C)(C)[Si](C)(C)O[C@H]1CCCCO[C@@H]1CCC(O)CO. The molecule has 0 amide bonds. The first-order valence-electron chi connectivity index (χ1n) is 8.25. The number of hydrogen-bond acceptors (Lipinski definition) is 4. The van der Waals surface area contributed by atoms with Gasteiger partial charge in [-0.3, -0.25) is 0 Å². The zero-order chi connectivity index (χ0) is 16.1. The lowest BCUT2D eigenvalue weighted by Crippen LogP contribution is -2.47. The van der Waals surface area contributed by atoms with E-state index in [1.165, 1.54) is 0 Å². The molecule has 3 atom stereocenters. The molecule has 21 heavy (non-hydrogen) atoms. The molecule has 0 aromatic rings. The lowest BCUT2D eigenvalue weighted by Gasteiger charge is -2.41. The second kappa shape index (κ2) is 8.06. The van der Waals surface area contributed by atoms with Crippen LogP contribution in [0.3, 0.4) is 0 Å². The topological polar surface area (TPSA) is 58.9 Å². The first-order valence-corrected chi connectivity index (χ1v) is 11.2. The van der Waals surface area contributed by atoms with Crippen molar-refractivity contribution in [2.75, 3.05) is 13.2 Å². The minimum atomic E-state index is -1.81. The summed E-state index contributed by atoms with van der Waals surface area (Å²) in [6.07, 6.45) is 4.09. The summed E-state index contributed by atoms with van der Waals surface area (Å²) in [6, 6.07) is 0. The Kier molecular flexibility index (Phi) is 7.33. The highest BCUT2D eigenvalue weighted by atomic mass is 28.4. The van der Waals surface area contributed by atoms with Gasteiger partial charge < -0.3 is 19.4 Å². The molecule has 0 aromatic heterocycles. The minimum Gasteiger partial charge on any atom is -0.411 e. The van der Waals surface area contributed by atoms with Crippen molar-refractivity contribution in [1.82, 2.24) is 0 Å². The van der Waals surface area contributed by atoms with Gasteiger partial charge in [0.15, 0.2) is 8.32 Å². The number of hydrogen-bond donors (Lipinski definition) is 2. The van der Waals surface area contributed by atoms with Crippen molar-refractivity contribution in [3.8, 4) is 0 Å². The van der Waals surface area contributed by atoms with E-state index in [9.17, 15) is 5.11 Å². The summed E-state index contributed by atoms with van der Waals surface area (Å²) in [5.41, 5.74) is 0. The fraction of sp³-hybridized carbons (Fsp3) is 1.00. The Balaban J connectivity index is 2.69. The Hall–Kier alpha value is 0.0569. The van der Waals surface area contributed by atoms with Gasteiger partial charge in [0.05, 0.1) is 24.9 Å². The van der Waals surface area contributed by atoms with Gasteiger partial charge in [-0.2, -0.15) is 0 Å². The standard InChI is InChI=1S/C16H34O4Si/c1-16(2,3)21(4,5)20-15-8-6-7-11-19-14(15)10-9-13(18)12-17/h13-15,17-18H,6-12H2,1-5H3/t13?,14-,15+/m1/s1. The predicted octanol–water partition coefficient (Wildman–Crippen LogP) is 3.08. The van der Waals surface area contributed by atoms with Crippen molar-refractivity contribution in [3.63, 3.8) is 0 Å². The van der Waals surface area contributed by atoms with Crippen LogP contribution in [0.1, 0.15) is 52.9 Å². The molecule has 1 saturated heterocycles. The predicted molar refractivity (Wildman–Crippen MR) is 88.0 cm³/mol. The van der Waals surface area contributed by atoms with Crippen LogP contribution in [-0.2, 0) is 9.16 Å². The second-order valence-electron chi connectivity index (χ2n) is 7.74. The second-order valence-corrected chi connectivity index (χ2v) is 12.5. The van der Waals surface area contributed by atoms with Crippen molar-refractivity contribution >= 4 is 8.32 Å². The summed E-state index contributed by atoms with van der Waals surface area (Å²) < 4.78 is 12.5. The van der Waals surface area contributed by atoms with Crippen molar-refractivity contribution in [1.29, 1.82) is 0 Å². The summed E-state index contributed by atoms with van der Waals surface area (Å²) >= 11 is 0. The molecular formula is C16H34O4Si. The molecule has 1 aliphatic rings. The van der Waals surface area contributed by atoms with E-state index in [4.69, 9.17) is 14.3 Å². The average Bonchev–Trinajstić information content (AvgIpc) is 2.59. The Labute approximate surface area is 131 Å². The van der Waals surface area contributed by atoms with Crippen LogP contribution in [0.2, 0.25) is 18.1 Å². The van der Waals surface area contributed by atoms with Crippen LogP contribution in [0.4, 0.5) is 0 Å². The number of aliphatic hydroxyl groups is 2. The lowest BCUT2D eigenvalue weighted by molar-refractivity contribution is -0.0328. The monoisotopic (exact) mass is 318 g/mol. The Morgan fingerprint density at radius 2 is 1.95 bits per heavy atom. The minimum absolute atomic E-state index is 0.0443. The van der Waals surface area contributed by atoms with Gasteiger partial charge in [0.25, 0.3) is 0 Å². The zero-order valence-electron chi connectivity index (χ0n) is 14.4. The fourth-order valence-electron chi connectivity index (χ4n) is 2.38. The van der Waals surface area contributed by atoms with Crippen LogP contribution in [0.15, 0.2) is 0 Å². The summed E-state index contributed by atoms with van der Waals surface area (Å²) in [5, 5.41) is 18.7. The van der Waals surface area contributed by atoms with E-state index < -0.39 is 14.4 Å². The molecule has 1 fully saturated rings. The highest BCUT2D eigenvalue weighted by Crippen LogP contribution is 2.39. The van der Waals surface area contributed by atoms with Crippen molar-refractivity contribution < 1.29 is 19.4 Å². The molecule has 1 aliphatic heterocycles. The Morgan fingerprint density at radius 3 is 2.52 bits per heavy atom. The molecule has 0 spiro atoms. The van der Waals surface area contributed by atoms with E-state index in [0.29, 0.717) is 6.42 Å². The largest absolute Gasteiger partial charge is 0.411 e. The maximum Gasteiger partial charge on any atom is 0.192 e. The smallest absolute Gasteiger partial charge is 0.192 e. The first-order chi connectivity index (χ1) is 9.67. The van der Waals surface area contributed by atoms with E-state index in [-0.39, 0.29) is 23.9 Å². The van der Waals surface area contributed by atoms with E-state index in [1.807, 2.05) is 0 Å². The molecule has 5 heteroatoms. The number of ether oxygens (including phenoxy) is 1. The maximum atomic E-state index is 9.57. The number of rotatable bonds is 6. The average molecular weight is 319 g/mol. The maximum absolute atomic E-state index is 9.57. The molecule has 0 saturated carbocycles. The molecule has 1 rings (SSSR count). The third kappa shape index (κ3) is 5.98. The third-order valence-corrected chi connectivity index (χ3v) is 9.38. The van der Waals surface area contributed by atoms with Gasteiger partial charge in [-0.05, 0) is 50.2 Å². The normalized spacial score (nSPS) is 26.4. The highest BCUT2D eigenvalue weighted by Gasteiger charge is 2.41. The molecule has 1 heterocycles. The van der Waals surface area contributed by atoms with Crippen LogP contribution in [-0.4, -0.2) is 50.1 Å². The van der Waals surface area contributed by atoms with Crippen LogP contribution in [0.25, 0.3) is 0 Å². The van der Waals surface area contributed by atoms with Gasteiger partial charge in [0, 0.05) is 6.61 Å². The lowest BCUT2D eigenvalue weighted by atomic mass is 10.0. The van der Waals surface area contributed by atoms with Crippen LogP contribution in [0, 0.1) is 0 Å². The molecule has 0 radical (unpaired) electrons. The van der Waals surface area contributed by atoms with E-state index in [2.05, 4.69) is 33.9 Å². The summed E-state index contributed by atoms with van der Waals surface area (Å²) in [4.78, 5) is 0. The zero-order valence-corrected chi connectivity index (χ0v) is 15.4. The van der Waals surface area contributed by atoms with E-state index in [1.54, 1.807) is 0 Å². The van der Waals surface area contributed by atoms with Gasteiger partial charge in [-0.1, -0.05) is 20.8 Å². The van der Waals surface area contributed by atoms with E-state index >= 15 is 0 Å². The quantitative estimate of drug-likeness (QED) is 0.739. The van der Waals surface area contributed by atoms with Crippen LogP contribution < -0.4 is 0 Å². The van der Waals surface area contributed by atoms with Gasteiger partial charge in [-0.25, -0.2) is 0 Å². The summed E-state index contributed by atoms with van der Waals surface area (Å²) in [7, 11) is -1.81. The van der Waals surface area contributed by atoms with Gasteiger partial charge >= 0.3 is 0 Å². The Bertz CT molecular complexity index is 301. The summed E-state index contributed by atoms with van der Waals surface area (Å²) in [5.74, 6) is 0. The highest BCUT2D eigenvalue weighted by molar-refractivity contribution is 6.74. The molecule has 0 aliphatic carbocycles. The van der Waals surface area contributed by atoms with E-state index in [0.717, 1.165) is 32.3 Å². The number of aliphatic hydroxyl groups excluding tert-OH is 2. The molecule has 0 aromatic carbocycles. The molecular weight excluding hydrogens is 284 g/mol. The fourth-order valence-corrected chi connectivity index (χ4v) is 3.76.